The lowest BCUT2D eigenvalue weighted by Crippen LogP contribution is -1.97. The van der Waals surface area contributed by atoms with Gasteiger partial charge in [-0.3, -0.25) is 0 Å². The standard InChI is InChI=1S/C11H10O2/c1-8-2-4-9-5-7-11(12)13-10(9)6-3-8/h2-8H,1H3. The van der Waals surface area contributed by atoms with E-state index >= 15 is 0 Å². The largest absolute Gasteiger partial charge is 0.423 e. The zero-order valence-electron chi connectivity index (χ0n) is 7.36. The van der Waals surface area contributed by atoms with Crippen LogP contribution in [0.5, 0.6) is 0 Å². The molecule has 2 heteroatoms. The molecule has 2 rings (SSSR count). The van der Waals surface area contributed by atoms with Crippen LogP contribution in [0, 0.1) is 5.92 Å². The van der Waals surface area contributed by atoms with Gasteiger partial charge in [-0.15, -0.1) is 0 Å². The highest BCUT2D eigenvalue weighted by Gasteiger charge is 2.03. The summed E-state index contributed by atoms with van der Waals surface area (Å²) in [5.41, 5.74) is 0.659. The van der Waals surface area contributed by atoms with Crippen molar-refractivity contribution in [3.63, 3.8) is 0 Å². The van der Waals surface area contributed by atoms with Gasteiger partial charge in [-0.25, -0.2) is 4.79 Å². The molecule has 1 aromatic heterocycles. The topological polar surface area (TPSA) is 30.2 Å². The second kappa shape index (κ2) is 3.05. The Morgan fingerprint density at radius 3 is 2.85 bits per heavy atom. The molecule has 0 spiro atoms. The molecule has 0 fully saturated rings. The average Bonchev–Trinajstić information content (AvgIpc) is 2.29. The Morgan fingerprint density at radius 1 is 1.23 bits per heavy atom. The first-order valence-electron chi connectivity index (χ1n) is 4.26. The second-order valence-corrected chi connectivity index (χ2v) is 3.15. The fourth-order valence-corrected chi connectivity index (χ4v) is 1.27. The summed E-state index contributed by atoms with van der Waals surface area (Å²) >= 11 is 0. The molecule has 0 amide bonds. The van der Waals surface area contributed by atoms with E-state index in [1.165, 1.54) is 6.07 Å². The predicted octanol–water partition coefficient (Wildman–Crippen LogP) is 2.32. The van der Waals surface area contributed by atoms with Crippen molar-refractivity contribution < 1.29 is 4.42 Å². The Kier molecular flexibility index (Phi) is 1.89. The third-order valence-corrected chi connectivity index (χ3v) is 2.02. The number of fused-ring (bicyclic) bond motifs is 1. The second-order valence-electron chi connectivity index (χ2n) is 3.15. The van der Waals surface area contributed by atoms with Gasteiger partial charge in [0.2, 0.25) is 0 Å². The van der Waals surface area contributed by atoms with Crippen LogP contribution in [0.2, 0.25) is 0 Å². The van der Waals surface area contributed by atoms with Crippen LogP contribution in [0.3, 0.4) is 0 Å². The summed E-state index contributed by atoms with van der Waals surface area (Å²) in [7, 11) is 0. The Morgan fingerprint density at radius 2 is 2.00 bits per heavy atom. The van der Waals surface area contributed by atoms with E-state index in [1.807, 2.05) is 18.2 Å². The normalized spacial score (nSPS) is 19.6. The molecule has 0 N–H and O–H groups in total. The van der Waals surface area contributed by atoms with Gasteiger partial charge in [0.25, 0.3) is 0 Å². The molecule has 0 bridgehead atoms. The van der Waals surface area contributed by atoms with Crippen molar-refractivity contribution in [2.24, 2.45) is 5.92 Å². The minimum Gasteiger partial charge on any atom is -0.423 e. The third kappa shape index (κ3) is 1.61. The van der Waals surface area contributed by atoms with Crippen molar-refractivity contribution in [3.8, 4) is 0 Å². The van der Waals surface area contributed by atoms with Gasteiger partial charge >= 0.3 is 5.63 Å². The summed E-state index contributed by atoms with van der Waals surface area (Å²) in [5, 5.41) is 0. The van der Waals surface area contributed by atoms with E-state index in [0.29, 0.717) is 11.7 Å². The zero-order valence-corrected chi connectivity index (χ0v) is 7.36. The predicted molar refractivity (Wildman–Crippen MR) is 52.2 cm³/mol. The Balaban J connectivity index is 2.59. The summed E-state index contributed by atoms with van der Waals surface area (Å²) in [6, 6.07) is 3.22. The lowest BCUT2D eigenvalue weighted by Gasteiger charge is -1.94. The quantitative estimate of drug-likeness (QED) is 0.604. The molecular weight excluding hydrogens is 164 g/mol. The van der Waals surface area contributed by atoms with Gasteiger partial charge in [0.05, 0.1) is 0 Å². The number of hydrogen-bond donors (Lipinski definition) is 0. The summed E-state index contributed by atoms with van der Waals surface area (Å²) in [6.07, 6.45) is 7.90. The Labute approximate surface area is 76.2 Å². The summed E-state index contributed by atoms with van der Waals surface area (Å²) in [6.45, 7) is 2.08. The maximum absolute atomic E-state index is 10.9. The van der Waals surface area contributed by atoms with E-state index in [-0.39, 0.29) is 5.63 Å². The molecule has 1 heterocycles. The molecule has 2 nitrogen and oxygen atoms in total. The third-order valence-electron chi connectivity index (χ3n) is 2.02. The van der Waals surface area contributed by atoms with E-state index < -0.39 is 0 Å². The van der Waals surface area contributed by atoms with E-state index in [1.54, 1.807) is 6.07 Å². The molecule has 0 aliphatic heterocycles. The van der Waals surface area contributed by atoms with Crippen LogP contribution in [-0.4, -0.2) is 0 Å². The highest BCUT2D eigenvalue weighted by molar-refractivity contribution is 5.63. The van der Waals surface area contributed by atoms with Crippen LogP contribution in [0.25, 0.3) is 12.2 Å². The minimum absolute atomic E-state index is 0.300. The number of hydrogen-bond acceptors (Lipinski definition) is 2. The van der Waals surface area contributed by atoms with Crippen LogP contribution in [0.1, 0.15) is 18.2 Å². The van der Waals surface area contributed by atoms with Crippen molar-refractivity contribution in [2.75, 3.05) is 0 Å². The van der Waals surface area contributed by atoms with E-state index in [2.05, 4.69) is 13.0 Å². The smallest absolute Gasteiger partial charge is 0.336 e. The molecule has 1 aliphatic rings. The summed E-state index contributed by atoms with van der Waals surface area (Å²) in [5.74, 6) is 1.03. The van der Waals surface area contributed by atoms with E-state index in [0.717, 1.165) is 5.56 Å². The van der Waals surface area contributed by atoms with Crippen LogP contribution < -0.4 is 5.63 Å². The zero-order chi connectivity index (χ0) is 9.26. The molecule has 0 saturated carbocycles. The highest BCUT2D eigenvalue weighted by atomic mass is 16.4. The van der Waals surface area contributed by atoms with Crippen molar-refractivity contribution in [1.82, 2.24) is 0 Å². The molecule has 0 aromatic carbocycles. The number of rotatable bonds is 0. The van der Waals surface area contributed by atoms with Crippen LogP contribution in [0.4, 0.5) is 0 Å². The maximum atomic E-state index is 10.9. The molecule has 66 valence electrons. The minimum atomic E-state index is -0.300. The molecule has 1 atom stereocenters. The molecule has 1 unspecified atom stereocenters. The van der Waals surface area contributed by atoms with E-state index in [4.69, 9.17) is 4.42 Å². The molecule has 0 saturated heterocycles. The fraction of sp³-hybridized carbons (Fsp3) is 0.182. The van der Waals surface area contributed by atoms with Crippen LogP contribution >= 0.6 is 0 Å². The lowest BCUT2D eigenvalue weighted by atomic mass is 10.1. The van der Waals surface area contributed by atoms with Crippen molar-refractivity contribution in [2.45, 2.75) is 6.92 Å². The van der Waals surface area contributed by atoms with Gasteiger partial charge in [-0.2, -0.15) is 0 Å². The fourth-order valence-electron chi connectivity index (χ4n) is 1.27. The molecule has 1 aliphatic carbocycles. The Bertz CT molecular complexity index is 424. The number of allylic oxidation sites excluding steroid dienone is 2. The molecular formula is C11H10O2. The first-order chi connectivity index (χ1) is 6.25. The van der Waals surface area contributed by atoms with Crippen molar-refractivity contribution in [3.05, 3.63) is 46.0 Å². The van der Waals surface area contributed by atoms with Gasteiger partial charge in [0.1, 0.15) is 5.76 Å². The molecule has 0 radical (unpaired) electrons. The first kappa shape index (κ1) is 8.05. The SMILES string of the molecule is CC1C=Cc2ccc(=O)oc2C=C1. The monoisotopic (exact) mass is 174 g/mol. The first-order valence-corrected chi connectivity index (χ1v) is 4.26. The highest BCUT2D eigenvalue weighted by Crippen LogP contribution is 2.17. The summed E-state index contributed by atoms with van der Waals surface area (Å²) < 4.78 is 5.03. The van der Waals surface area contributed by atoms with Gasteiger partial charge < -0.3 is 4.42 Å². The summed E-state index contributed by atoms with van der Waals surface area (Å²) in [4.78, 5) is 10.9. The van der Waals surface area contributed by atoms with Crippen molar-refractivity contribution >= 4 is 12.2 Å². The van der Waals surface area contributed by atoms with Gasteiger partial charge in [0.15, 0.2) is 0 Å². The van der Waals surface area contributed by atoms with Crippen LogP contribution in [0.15, 0.2) is 33.5 Å². The van der Waals surface area contributed by atoms with Gasteiger partial charge in [-0.1, -0.05) is 25.2 Å². The lowest BCUT2D eigenvalue weighted by molar-refractivity contribution is 0.500. The van der Waals surface area contributed by atoms with Crippen molar-refractivity contribution in [1.29, 1.82) is 0 Å². The van der Waals surface area contributed by atoms with E-state index in [9.17, 15) is 4.79 Å². The maximum Gasteiger partial charge on any atom is 0.336 e. The Hall–Kier alpha value is -1.57. The van der Waals surface area contributed by atoms with Crippen LogP contribution in [-0.2, 0) is 0 Å². The average molecular weight is 174 g/mol. The molecule has 1 aromatic rings. The molecule has 13 heavy (non-hydrogen) atoms. The van der Waals surface area contributed by atoms with Gasteiger partial charge in [0, 0.05) is 11.6 Å². The van der Waals surface area contributed by atoms with Gasteiger partial charge in [-0.05, 0) is 18.1 Å².